The van der Waals surface area contributed by atoms with Crippen LogP contribution in [0.3, 0.4) is 0 Å². The van der Waals surface area contributed by atoms with E-state index in [-0.39, 0.29) is 31.1 Å². The number of Topliss-reactive ketones (excluding diaryl/α,β-unsaturated/α-hetero) is 1. The molecule has 2 saturated heterocycles. The lowest BCUT2D eigenvalue weighted by Crippen LogP contribution is -2.81. The van der Waals surface area contributed by atoms with Gasteiger partial charge in [0.1, 0.15) is 11.2 Å². The van der Waals surface area contributed by atoms with Gasteiger partial charge in [0.15, 0.2) is 11.9 Å². The predicted octanol–water partition coefficient (Wildman–Crippen LogP) is 5.71. The van der Waals surface area contributed by atoms with E-state index in [0.717, 1.165) is 41.8 Å². The number of ether oxygens (including phenoxy) is 4. The number of aromatic amines is 1. The van der Waals surface area contributed by atoms with E-state index in [0.29, 0.717) is 73.7 Å². The number of likely N-dealkylation sites (N-methyl/N-ethyl adjacent to an activating group) is 1. The Morgan fingerprint density at radius 3 is 2.40 bits per heavy atom. The highest BCUT2D eigenvalue weighted by Gasteiger charge is 2.80. The smallest absolute Gasteiger partial charge is 0.344 e. The number of carbonyl (C=O) groups is 4. The summed E-state index contributed by atoms with van der Waals surface area (Å²) in [4.78, 5) is 66.6. The van der Waals surface area contributed by atoms with E-state index in [4.69, 9.17) is 18.9 Å². The molecule has 2 aromatic carbocycles. The Balaban J connectivity index is 1.27. The molecule has 6 unspecified atom stereocenters. The second-order valence-corrected chi connectivity index (χ2v) is 20.2. The number of piperidine rings is 1. The van der Waals surface area contributed by atoms with E-state index >= 15 is 13.6 Å². The molecule has 4 fully saturated rings. The Morgan fingerprint density at radius 2 is 1.74 bits per heavy atom. The average Bonchev–Trinajstić information content (AvgIpc) is 3.90. The number of benzene rings is 2. The Labute approximate surface area is 377 Å². The first-order valence-electron chi connectivity index (χ1n) is 23.2. The Kier molecular flexibility index (Phi) is 10.2. The monoisotopic (exact) mass is 898 g/mol. The van der Waals surface area contributed by atoms with Crippen LogP contribution in [-0.2, 0) is 45.8 Å². The van der Waals surface area contributed by atoms with Gasteiger partial charge in [0.05, 0.1) is 27.4 Å². The average molecular weight is 899 g/mol. The van der Waals surface area contributed by atoms with E-state index in [1.807, 2.05) is 61.4 Å². The number of ketones is 1. The van der Waals surface area contributed by atoms with Crippen LogP contribution in [-0.4, -0.2) is 134 Å². The minimum Gasteiger partial charge on any atom is -0.496 e. The van der Waals surface area contributed by atoms with Crippen molar-refractivity contribution in [2.45, 2.75) is 106 Å². The van der Waals surface area contributed by atoms with Crippen molar-refractivity contribution in [1.82, 2.24) is 14.8 Å². The van der Waals surface area contributed by atoms with Crippen LogP contribution in [0.25, 0.3) is 10.9 Å². The van der Waals surface area contributed by atoms with Crippen molar-refractivity contribution in [2.24, 2.45) is 23.2 Å². The topological polar surface area (TPSA) is 151 Å². The first kappa shape index (κ1) is 44.0. The zero-order valence-electron chi connectivity index (χ0n) is 38.3. The summed E-state index contributed by atoms with van der Waals surface area (Å²) in [6.45, 7) is 6.54. The van der Waals surface area contributed by atoms with Gasteiger partial charge in [-0.2, -0.15) is 0 Å². The molecule has 7 aliphatic rings. The SMILES string of the molecule is CC[C@@]12C=CCN3CCC4(c5cc([C@@]6(C(=O)OC)CC7CC(C(C)(F)F)CN(CCc8c6[nH]c6ccc(C(=O)C9CC9)cc86)C7)c(OC)cc5N(C)C4[C@](O)(C(=O)OC)[C@H]1OC(C)=O)C32. The highest BCUT2D eigenvalue weighted by Crippen LogP contribution is 2.68. The quantitative estimate of drug-likeness (QED) is 0.117. The van der Waals surface area contributed by atoms with E-state index < -0.39 is 75.7 Å². The first-order valence-corrected chi connectivity index (χ1v) is 23.2. The van der Waals surface area contributed by atoms with Crippen molar-refractivity contribution in [3.05, 3.63) is 70.4 Å². The zero-order chi connectivity index (χ0) is 46.2. The number of halogens is 2. The number of fused-ring (bicyclic) bond motifs is 6. The Bertz CT molecular complexity index is 2530. The van der Waals surface area contributed by atoms with Gasteiger partial charge in [-0.3, -0.25) is 19.3 Å². The fourth-order valence-electron chi connectivity index (χ4n) is 14.2. The maximum Gasteiger partial charge on any atom is 0.344 e. The molecule has 10 atom stereocenters. The maximum absolute atomic E-state index is 15.5. The van der Waals surface area contributed by atoms with Gasteiger partial charge < -0.3 is 38.8 Å². The number of esters is 3. The second-order valence-electron chi connectivity index (χ2n) is 20.2. The summed E-state index contributed by atoms with van der Waals surface area (Å²) >= 11 is 0. The van der Waals surface area contributed by atoms with Crippen LogP contribution in [0.4, 0.5) is 14.5 Å². The molecule has 2 N–H and O–H groups in total. The van der Waals surface area contributed by atoms with Crippen molar-refractivity contribution in [2.75, 3.05) is 66.0 Å². The predicted molar refractivity (Wildman–Crippen MR) is 236 cm³/mol. The highest BCUT2D eigenvalue weighted by molar-refractivity contribution is 6.03. The number of hydrogen-bond donors (Lipinski definition) is 2. The number of methoxy groups -OCH3 is 3. The van der Waals surface area contributed by atoms with Crippen molar-refractivity contribution in [3.8, 4) is 5.75 Å². The molecule has 348 valence electrons. The van der Waals surface area contributed by atoms with Crippen molar-refractivity contribution in [1.29, 1.82) is 0 Å². The third-order valence-corrected chi connectivity index (χ3v) is 16.9. The van der Waals surface area contributed by atoms with Crippen LogP contribution in [0.5, 0.6) is 5.75 Å². The van der Waals surface area contributed by atoms with Gasteiger partial charge in [-0.05, 0) is 99.7 Å². The second kappa shape index (κ2) is 15.1. The number of hydrogen-bond acceptors (Lipinski definition) is 12. The molecule has 2 saturated carbocycles. The highest BCUT2D eigenvalue weighted by atomic mass is 19.3. The molecule has 1 spiro atoms. The fraction of sp³-hybridized carbons (Fsp3) is 0.600. The van der Waals surface area contributed by atoms with Crippen molar-refractivity contribution in [3.63, 3.8) is 0 Å². The molecule has 0 radical (unpaired) electrons. The molecule has 3 aromatic rings. The molecule has 13 nitrogen and oxygen atoms in total. The lowest BCUT2D eigenvalue weighted by Gasteiger charge is -2.63. The van der Waals surface area contributed by atoms with Crippen LogP contribution in [0.1, 0.15) is 92.0 Å². The number of aromatic nitrogens is 1. The third-order valence-electron chi connectivity index (χ3n) is 16.9. The number of nitrogens with zero attached hydrogens (tertiary/aromatic N) is 3. The van der Waals surface area contributed by atoms with Gasteiger partial charge in [-0.15, -0.1) is 0 Å². The molecular formula is C50H60F2N4O9. The number of alkyl halides is 2. The van der Waals surface area contributed by atoms with Crippen LogP contribution in [0.2, 0.25) is 0 Å². The number of nitrogens with one attached hydrogen (secondary N) is 1. The number of aliphatic hydroxyl groups is 1. The largest absolute Gasteiger partial charge is 0.496 e. The minimum atomic E-state index is -2.97. The maximum atomic E-state index is 15.5. The number of H-pyrrole nitrogens is 1. The summed E-state index contributed by atoms with van der Waals surface area (Å²) in [5.41, 5.74) is -1.55. The van der Waals surface area contributed by atoms with E-state index in [1.54, 1.807) is 0 Å². The molecule has 65 heavy (non-hydrogen) atoms. The van der Waals surface area contributed by atoms with Crippen LogP contribution in [0, 0.1) is 23.2 Å². The molecular weight excluding hydrogens is 839 g/mol. The molecule has 6 heterocycles. The molecule has 15 heteroatoms. The third kappa shape index (κ3) is 6.02. The zero-order valence-corrected chi connectivity index (χ0v) is 38.3. The van der Waals surface area contributed by atoms with Crippen molar-refractivity contribution >= 4 is 40.3 Å². The van der Waals surface area contributed by atoms with E-state index in [9.17, 15) is 19.5 Å². The van der Waals surface area contributed by atoms with Gasteiger partial charge >= 0.3 is 17.9 Å². The normalized spacial score (nSPS) is 34.9. The lowest BCUT2D eigenvalue weighted by atomic mass is 9.47. The van der Waals surface area contributed by atoms with E-state index in [2.05, 4.69) is 14.8 Å². The Morgan fingerprint density at radius 1 is 0.985 bits per heavy atom. The number of rotatable bonds is 9. The van der Waals surface area contributed by atoms with Crippen LogP contribution in [0.15, 0.2) is 42.5 Å². The standard InChI is InChI=1S/C50H60F2N4O9/c1-8-47-15-9-17-56-19-16-48(41(47)56)34-22-35(38(62-5)23-37(34)54(4)42(48)50(61,45(60)64-7)43(47)65-27(2)57)49(44(59)63-6)24-28-20-31(46(3,51)52)26-55(25-28)18-14-32-33-21-30(39(58)29-10-11-29)12-13-36(33)53-40(32)49/h9,12-13,15,21-23,28-29,31,41-43,53,61H,8,10-11,14,16-20,24-26H2,1-7H3/t28?,31?,41?,42?,43-,47-,48?,49-,50+/m0/s1. The van der Waals surface area contributed by atoms with Gasteiger partial charge in [-0.1, -0.05) is 19.1 Å². The van der Waals surface area contributed by atoms with Crippen molar-refractivity contribution < 1.29 is 52.0 Å². The summed E-state index contributed by atoms with van der Waals surface area (Å²) in [5.74, 6) is -6.11. The summed E-state index contributed by atoms with van der Waals surface area (Å²) in [7, 11) is 5.89. The van der Waals surface area contributed by atoms with Gasteiger partial charge in [0.25, 0.3) is 0 Å². The Hall–Kier alpha value is -4.86. The minimum absolute atomic E-state index is 0.0147. The summed E-state index contributed by atoms with van der Waals surface area (Å²) < 4.78 is 54.9. The number of carbonyl (C=O) groups excluding carboxylic acids is 4. The first-order chi connectivity index (χ1) is 30.9. The number of anilines is 1. The van der Waals surface area contributed by atoms with Crippen LogP contribution < -0.4 is 9.64 Å². The van der Waals surface area contributed by atoms with Crippen LogP contribution >= 0.6 is 0 Å². The van der Waals surface area contributed by atoms with Gasteiger partial charge in [0, 0.05) is 108 Å². The molecule has 1 aromatic heterocycles. The molecule has 5 aliphatic heterocycles. The van der Waals surface area contributed by atoms with Gasteiger partial charge in [0.2, 0.25) is 11.5 Å². The molecule has 2 aliphatic carbocycles. The summed E-state index contributed by atoms with van der Waals surface area (Å²) in [6, 6.07) is 8.08. The summed E-state index contributed by atoms with van der Waals surface area (Å²) in [5, 5.41) is 14.2. The molecule has 10 rings (SSSR count). The van der Waals surface area contributed by atoms with Gasteiger partial charge in [-0.25, -0.2) is 13.6 Å². The lowest BCUT2D eigenvalue weighted by molar-refractivity contribution is -0.228. The van der Waals surface area contributed by atoms with E-state index in [1.165, 1.54) is 28.3 Å². The summed E-state index contributed by atoms with van der Waals surface area (Å²) in [6.07, 6.45) is 5.93. The molecule has 2 bridgehead atoms. The fourth-order valence-corrected chi connectivity index (χ4v) is 14.2. The molecule has 0 amide bonds.